The third-order valence-corrected chi connectivity index (χ3v) is 5.70. The van der Waals surface area contributed by atoms with Gasteiger partial charge in [0.2, 0.25) is 17.7 Å². The Hall–Kier alpha value is -2.63. The smallest absolute Gasteiger partial charge is 0.233 e. The van der Waals surface area contributed by atoms with Crippen molar-refractivity contribution in [3.05, 3.63) is 36.4 Å². The molecule has 136 valence electrons. The largest absolute Gasteiger partial charge is 0.497 e. The minimum Gasteiger partial charge on any atom is -0.497 e. The summed E-state index contributed by atoms with van der Waals surface area (Å²) in [5.74, 6) is 0.553. The van der Waals surface area contributed by atoms with E-state index in [-0.39, 0.29) is 47.8 Å². The zero-order chi connectivity index (χ0) is 18.3. The molecule has 2 aliphatic carbocycles. The molecule has 6 heteroatoms. The molecule has 1 saturated carbocycles. The topological polar surface area (TPSA) is 75.7 Å². The molecule has 0 spiro atoms. The van der Waals surface area contributed by atoms with Gasteiger partial charge in [0, 0.05) is 24.7 Å². The molecule has 26 heavy (non-hydrogen) atoms. The number of hydrogen-bond acceptors (Lipinski definition) is 4. The highest BCUT2D eigenvalue weighted by Gasteiger charge is 2.58. The van der Waals surface area contributed by atoms with Gasteiger partial charge in [0.25, 0.3) is 0 Å². The first-order valence-corrected chi connectivity index (χ1v) is 9.06. The Morgan fingerprint density at radius 1 is 1.19 bits per heavy atom. The summed E-state index contributed by atoms with van der Waals surface area (Å²) in [6.07, 6.45) is 5.83. The van der Waals surface area contributed by atoms with Gasteiger partial charge in [0.05, 0.1) is 18.9 Å². The Kier molecular flexibility index (Phi) is 4.26. The number of likely N-dealkylation sites (tertiary alicyclic amines) is 1. The van der Waals surface area contributed by atoms with Crippen molar-refractivity contribution in [1.82, 2.24) is 4.90 Å². The molecule has 1 aliphatic heterocycles. The summed E-state index contributed by atoms with van der Waals surface area (Å²) in [5.41, 5.74) is 0.667. The van der Waals surface area contributed by atoms with Crippen molar-refractivity contribution in [1.29, 1.82) is 0 Å². The number of carbonyl (C=O) groups excluding carboxylic acids is 3. The van der Waals surface area contributed by atoms with Crippen LogP contribution in [0.15, 0.2) is 36.4 Å². The standard InChI is InChI=1S/C20H22N2O4/c1-26-15-5-2-4-14(11-15)21-16(23)6-3-9-22-19(24)17-12-7-8-13(10-12)18(17)20(22)25/h2,4-5,7-8,11-13,17-18H,3,6,9-10H2,1H3,(H,21,23)/t12-,13-,17-,18+/m0/s1. The minimum atomic E-state index is -0.164. The van der Waals surface area contributed by atoms with Crippen LogP contribution < -0.4 is 10.1 Å². The summed E-state index contributed by atoms with van der Waals surface area (Å²) >= 11 is 0. The molecule has 1 heterocycles. The van der Waals surface area contributed by atoms with Crippen molar-refractivity contribution in [3.8, 4) is 5.75 Å². The maximum Gasteiger partial charge on any atom is 0.233 e. The highest BCUT2D eigenvalue weighted by molar-refractivity contribution is 6.06. The summed E-state index contributed by atoms with van der Waals surface area (Å²) in [4.78, 5) is 38.6. The monoisotopic (exact) mass is 354 g/mol. The molecule has 2 fully saturated rings. The normalized spacial score (nSPS) is 28.6. The fourth-order valence-corrected chi connectivity index (χ4v) is 4.51. The Bertz CT molecular complexity index is 758. The molecule has 3 amide bonds. The van der Waals surface area contributed by atoms with Gasteiger partial charge >= 0.3 is 0 Å². The van der Waals surface area contributed by atoms with Crippen molar-refractivity contribution in [2.75, 3.05) is 19.0 Å². The van der Waals surface area contributed by atoms with Crippen molar-refractivity contribution in [2.24, 2.45) is 23.7 Å². The second kappa shape index (κ2) is 6.59. The van der Waals surface area contributed by atoms with Gasteiger partial charge in [0.15, 0.2) is 0 Å². The molecule has 1 saturated heterocycles. The zero-order valence-corrected chi connectivity index (χ0v) is 14.7. The lowest BCUT2D eigenvalue weighted by Crippen LogP contribution is -2.34. The van der Waals surface area contributed by atoms with Crippen LogP contribution in [-0.2, 0) is 14.4 Å². The molecule has 4 rings (SSSR count). The van der Waals surface area contributed by atoms with Crippen molar-refractivity contribution >= 4 is 23.4 Å². The number of benzene rings is 1. The number of nitrogens with zero attached hydrogens (tertiary/aromatic N) is 1. The Labute approximate surface area is 152 Å². The fourth-order valence-electron chi connectivity index (χ4n) is 4.51. The average Bonchev–Trinajstić information content (AvgIpc) is 3.31. The van der Waals surface area contributed by atoms with E-state index in [2.05, 4.69) is 17.5 Å². The van der Waals surface area contributed by atoms with Crippen LogP contribution in [0.25, 0.3) is 0 Å². The summed E-state index contributed by atoms with van der Waals surface area (Å²) in [7, 11) is 1.57. The van der Waals surface area contributed by atoms with E-state index in [4.69, 9.17) is 4.74 Å². The first kappa shape index (κ1) is 16.8. The van der Waals surface area contributed by atoms with Crippen molar-refractivity contribution in [2.45, 2.75) is 19.3 Å². The van der Waals surface area contributed by atoms with Crippen LogP contribution in [0.4, 0.5) is 5.69 Å². The highest BCUT2D eigenvalue weighted by atomic mass is 16.5. The lowest BCUT2D eigenvalue weighted by molar-refractivity contribution is -0.141. The fraction of sp³-hybridized carbons (Fsp3) is 0.450. The number of rotatable bonds is 6. The zero-order valence-electron chi connectivity index (χ0n) is 14.7. The SMILES string of the molecule is COc1cccc(NC(=O)CCCN2C(=O)[C@@H]3[C@H](C2=O)[C@H]2C=C[C@H]3C2)c1. The third-order valence-electron chi connectivity index (χ3n) is 5.70. The summed E-state index contributed by atoms with van der Waals surface area (Å²) < 4.78 is 5.13. The van der Waals surface area contributed by atoms with Crippen molar-refractivity contribution < 1.29 is 19.1 Å². The van der Waals surface area contributed by atoms with Gasteiger partial charge in [-0.15, -0.1) is 0 Å². The number of imide groups is 1. The minimum absolute atomic E-state index is 0.0509. The highest BCUT2D eigenvalue weighted by Crippen LogP contribution is 2.52. The quantitative estimate of drug-likeness (QED) is 0.628. The number of anilines is 1. The first-order chi connectivity index (χ1) is 12.6. The lowest BCUT2D eigenvalue weighted by Gasteiger charge is -2.17. The second-order valence-electron chi connectivity index (χ2n) is 7.21. The van der Waals surface area contributed by atoms with E-state index in [1.165, 1.54) is 4.90 Å². The molecular formula is C20H22N2O4. The van der Waals surface area contributed by atoms with E-state index in [0.717, 1.165) is 6.42 Å². The molecule has 0 radical (unpaired) electrons. The van der Waals surface area contributed by atoms with Gasteiger partial charge in [-0.3, -0.25) is 19.3 Å². The molecule has 0 unspecified atom stereocenters. The van der Waals surface area contributed by atoms with Gasteiger partial charge < -0.3 is 10.1 Å². The van der Waals surface area contributed by atoms with Crippen molar-refractivity contribution in [3.63, 3.8) is 0 Å². The molecule has 1 aromatic rings. The number of hydrogen-bond donors (Lipinski definition) is 1. The summed E-state index contributed by atoms with van der Waals surface area (Å²) in [6, 6.07) is 7.14. The van der Waals surface area contributed by atoms with Crippen LogP contribution in [0.3, 0.4) is 0 Å². The molecular weight excluding hydrogens is 332 g/mol. The molecule has 6 nitrogen and oxygen atoms in total. The number of ether oxygens (including phenoxy) is 1. The molecule has 1 aromatic carbocycles. The van der Waals surface area contributed by atoms with E-state index in [1.54, 1.807) is 31.4 Å². The van der Waals surface area contributed by atoms with Crippen LogP contribution in [0.2, 0.25) is 0 Å². The predicted molar refractivity (Wildman–Crippen MR) is 95.3 cm³/mol. The van der Waals surface area contributed by atoms with E-state index >= 15 is 0 Å². The first-order valence-electron chi connectivity index (χ1n) is 9.06. The maximum absolute atomic E-state index is 12.6. The van der Waals surface area contributed by atoms with E-state index in [0.29, 0.717) is 24.4 Å². The number of allylic oxidation sites excluding steroid dienone is 2. The number of amides is 3. The van der Waals surface area contributed by atoms with E-state index in [9.17, 15) is 14.4 Å². The Balaban J connectivity index is 1.29. The van der Waals surface area contributed by atoms with E-state index < -0.39 is 0 Å². The number of carbonyl (C=O) groups is 3. The number of nitrogens with one attached hydrogen (secondary N) is 1. The van der Waals surface area contributed by atoms with Gasteiger partial charge in [-0.25, -0.2) is 0 Å². The van der Waals surface area contributed by atoms with E-state index in [1.807, 2.05) is 0 Å². The average molecular weight is 354 g/mol. The molecule has 4 atom stereocenters. The van der Waals surface area contributed by atoms with Crippen LogP contribution in [0.5, 0.6) is 5.75 Å². The summed E-state index contributed by atoms with van der Waals surface area (Å²) in [6.45, 7) is 0.315. The molecule has 1 N–H and O–H groups in total. The third kappa shape index (κ3) is 2.79. The van der Waals surface area contributed by atoms with Crippen LogP contribution in [0.1, 0.15) is 19.3 Å². The maximum atomic E-state index is 12.6. The lowest BCUT2D eigenvalue weighted by atomic mass is 9.85. The van der Waals surface area contributed by atoms with Gasteiger partial charge in [-0.1, -0.05) is 18.2 Å². The van der Waals surface area contributed by atoms with Gasteiger partial charge in [0.1, 0.15) is 5.75 Å². The Morgan fingerprint density at radius 2 is 1.88 bits per heavy atom. The second-order valence-corrected chi connectivity index (χ2v) is 7.21. The molecule has 0 aromatic heterocycles. The summed E-state index contributed by atoms with van der Waals surface area (Å²) in [5, 5.41) is 2.81. The van der Waals surface area contributed by atoms with Crippen LogP contribution in [-0.4, -0.2) is 36.3 Å². The number of fused-ring (bicyclic) bond motifs is 5. The molecule has 2 bridgehead atoms. The Morgan fingerprint density at radius 3 is 2.54 bits per heavy atom. The predicted octanol–water partition coefficient (Wildman–Crippen LogP) is 2.22. The number of methoxy groups -OCH3 is 1. The van der Waals surface area contributed by atoms with Gasteiger partial charge in [-0.05, 0) is 36.8 Å². The molecule has 3 aliphatic rings. The van der Waals surface area contributed by atoms with Crippen LogP contribution in [0, 0.1) is 23.7 Å². The van der Waals surface area contributed by atoms with Crippen LogP contribution >= 0.6 is 0 Å². The van der Waals surface area contributed by atoms with Gasteiger partial charge in [-0.2, -0.15) is 0 Å².